The Morgan fingerprint density at radius 3 is 2.32 bits per heavy atom. The molecule has 2 aromatic rings. The van der Waals surface area contributed by atoms with Crippen LogP contribution in [0.2, 0.25) is 0 Å². The van der Waals surface area contributed by atoms with E-state index in [1.165, 1.54) is 72.4 Å². The molecule has 3 rings (SSSR count). The highest BCUT2D eigenvalue weighted by atomic mass is 14.8. The van der Waals surface area contributed by atoms with Crippen molar-refractivity contribution in [1.82, 2.24) is 5.32 Å². The molecule has 202 valence electrons. The maximum atomic E-state index is 4.01. The summed E-state index contributed by atoms with van der Waals surface area (Å²) in [7, 11) is 1.94. The summed E-state index contributed by atoms with van der Waals surface area (Å²) in [5, 5.41) is 5.56. The zero-order valence-corrected chi connectivity index (χ0v) is 24.5. The van der Waals surface area contributed by atoms with Gasteiger partial charge in [0.1, 0.15) is 0 Å². The number of fused-ring (bicyclic) bond motifs is 1. The van der Waals surface area contributed by atoms with Crippen molar-refractivity contribution in [1.29, 1.82) is 0 Å². The van der Waals surface area contributed by atoms with Crippen LogP contribution in [0.4, 0.5) is 0 Å². The van der Waals surface area contributed by atoms with E-state index >= 15 is 0 Å². The first-order valence-corrected chi connectivity index (χ1v) is 14.2. The maximum absolute atomic E-state index is 4.01. The second-order valence-corrected chi connectivity index (χ2v) is 10.7. The molecular weight excluding hydrogens is 446 g/mol. The summed E-state index contributed by atoms with van der Waals surface area (Å²) in [4.78, 5) is 0. The van der Waals surface area contributed by atoms with Gasteiger partial charge < -0.3 is 5.32 Å². The monoisotopic (exact) mass is 499 g/mol. The third kappa shape index (κ3) is 10.7. The van der Waals surface area contributed by atoms with E-state index in [1.807, 2.05) is 32.2 Å². The summed E-state index contributed by atoms with van der Waals surface area (Å²) >= 11 is 0. The van der Waals surface area contributed by atoms with E-state index in [-0.39, 0.29) is 0 Å². The molecule has 1 heteroatoms. The van der Waals surface area contributed by atoms with Gasteiger partial charge in [-0.2, -0.15) is 0 Å². The number of rotatable bonds is 10. The highest BCUT2D eigenvalue weighted by molar-refractivity contribution is 5.97. The second-order valence-electron chi connectivity index (χ2n) is 10.7. The van der Waals surface area contributed by atoms with Crippen LogP contribution in [0.15, 0.2) is 86.5 Å². The molecule has 1 nitrogen and oxygen atoms in total. The summed E-state index contributed by atoms with van der Waals surface area (Å²) in [6.07, 6.45) is 18.7. The molecule has 0 heterocycles. The van der Waals surface area contributed by atoms with Gasteiger partial charge >= 0.3 is 0 Å². The number of allylic oxidation sites excluding steroid dienone is 4. The summed E-state index contributed by atoms with van der Waals surface area (Å²) in [6.45, 7) is 25.4. The molecule has 2 unspecified atom stereocenters. The molecule has 0 spiro atoms. The molecule has 1 fully saturated rings. The highest BCUT2D eigenvalue weighted by Crippen LogP contribution is 2.44. The Hall–Kier alpha value is -2.64. The summed E-state index contributed by atoms with van der Waals surface area (Å²) in [6, 6.07) is 12.6. The van der Waals surface area contributed by atoms with E-state index in [2.05, 4.69) is 88.8 Å². The Kier molecular flexibility index (Phi) is 15.5. The fourth-order valence-electron chi connectivity index (χ4n) is 5.07. The highest BCUT2D eigenvalue weighted by Gasteiger charge is 2.32. The standard InChI is InChI=1S/C15H14.C12H24.C9H15N/c1-4-12-9-10-13(11(2)3)15-8-6-5-7-14(12)15;1-4-5-9-12(3)10-7-6-8-11(12)2;1-4-6-9(5-2)7-8-10-3/h4-10H,1-2H2,3H3;11H,4-10H2,1-3H3;4-6,10H,1-2,7-8H2,3H3/b;;9-6+. The molecule has 2 aromatic carbocycles. The molecule has 1 N–H and O–H groups in total. The smallest absolute Gasteiger partial charge is 0.00114 e. The predicted molar refractivity (Wildman–Crippen MR) is 171 cm³/mol. The average molecular weight is 500 g/mol. The van der Waals surface area contributed by atoms with Crippen LogP contribution in [0.1, 0.15) is 90.2 Å². The van der Waals surface area contributed by atoms with Crippen molar-refractivity contribution < 1.29 is 0 Å². The lowest BCUT2D eigenvalue weighted by Crippen LogP contribution is -2.28. The van der Waals surface area contributed by atoms with Crippen molar-refractivity contribution in [3.63, 3.8) is 0 Å². The lowest BCUT2D eigenvalue weighted by Gasteiger charge is -2.40. The zero-order valence-electron chi connectivity index (χ0n) is 24.5. The second kappa shape index (κ2) is 17.8. The minimum absolute atomic E-state index is 0.689. The van der Waals surface area contributed by atoms with Crippen LogP contribution >= 0.6 is 0 Å². The number of benzene rings is 2. The van der Waals surface area contributed by atoms with Gasteiger partial charge in [0.25, 0.3) is 0 Å². The first-order chi connectivity index (χ1) is 17.8. The van der Waals surface area contributed by atoms with Crippen molar-refractivity contribution in [2.45, 2.75) is 79.1 Å². The topological polar surface area (TPSA) is 12.0 Å². The lowest BCUT2D eigenvalue weighted by atomic mass is 9.66. The lowest BCUT2D eigenvalue weighted by molar-refractivity contribution is 0.115. The molecule has 0 radical (unpaired) electrons. The Bertz CT molecular complexity index is 1020. The van der Waals surface area contributed by atoms with Crippen LogP contribution in [0.5, 0.6) is 0 Å². The molecule has 0 aromatic heterocycles. The van der Waals surface area contributed by atoms with Gasteiger partial charge in [0.15, 0.2) is 0 Å². The normalized spacial score (nSPS) is 19.1. The Balaban J connectivity index is 0.000000285. The van der Waals surface area contributed by atoms with Crippen molar-refractivity contribution in [3.8, 4) is 0 Å². The van der Waals surface area contributed by atoms with Gasteiger partial charge in [0, 0.05) is 0 Å². The summed E-state index contributed by atoms with van der Waals surface area (Å²) in [5.74, 6) is 0.970. The molecule has 0 saturated heterocycles. The molecule has 0 bridgehead atoms. The van der Waals surface area contributed by atoms with Gasteiger partial charge in [0.2, 0.25) is 0 Å². The Morgan fingerprint density at radius 2 is 1.78 bits per heavy atom. The van der Waals surface area contributed by atoms with Gasteiger partial charge in [-0.05, 0) is 78.6 Å². The molecular formula is C36H53N. The largest absolute Gasteiger partial charge is 0.319 e. The third-order valence-electron chi connectivity index (χ3n) is 7.82. The van der Waals surface area contributed by atoms with E-state index in [9.17, 15) is 0 Å². The number of nitrogens with one attached hydrogen (secondary N) is 1. The minimum Gasteiger partial charge on any atom is -0.319 e. The van der Waals surface area contributed by atoms with Gasteiger partial charge in [-0.3, -0.25) is 0 Å². The van der Waals surface area contributed by atoms with Gasteiger partial charge in [-0.25, -0.2) is 0 Å². The van der Waals surface area contributed by atoms with E-state index < -0.39 is 0 Å². The van der Waals surface area contributed by atoms with Crippen LogP contribution in [0.3, 0.4) is 0 Å². The zero-order chi connectivity index (χ0) is 27.7. The van der Waals surface area contributed by atoms with E-state index in [1.54, 1.807) is 6.08 Å². The number of unbranched alkanes of at least 4 members (excludes halogenated alkanes) is 1. The first-order valence-electron chi connectivity index (χ1n) is 14.2. The summed E-state index contributed by atoms with van der Waals surface area (Å²) < 4.78 is 0. The minimum atomic E-state index is 0.689. The van der Waals surface area contributed by atoms with Crippen LogP contribution in [-0.2, 0) is 0 Å². The van der Waals surface area contributed by atoms with E-state index in [4.69, 9.17) is 0 Å². The van der Waals surface area contributed by atoms with Crippen molar-refractivity contribution >= 4 is 22.4 Å². The van der Waals surface area contributed by atoms with Crippen molar-refractivity contribution in [3.05, 3.63) is 97.6 Å². The van der Waals surface area contributed by atoms with E-state index in [0.717, 1.165) is 24.5 Å². The van der Waals surface area contributed by atoms with Crippen molar-refractivity contribution in [2.75, 3.05) is 13.6 Å². The first kappa shape index (κ1) is 32.4. The SMILES string of the molecule is C=C/C=C(\C=C)CCNC.C=Cc1ccc(C(=C)C)c2ccccc12.CCCCC1(C)CCCCC1C. The molecule has 0 aliphatic heterocycles. The Labute approximate surface area is 229 Å². The molecule has 1 aliphatic rings. The Morgan fingerprint density at radius 1 is 1.08 bits per heavy atom. The van der Waals surface area contributed by atoms with Crippen LogP contribution in [0.25, 0.3) is 22.4 Å². The van der Waals surface area contributed by atoms with Crippen molar-refractivity contribution in [2.24, 2.45) is 11.3 Å². The average Bonchev–Trinajstić information content (AvgIpc) is 2.91. The molecule has 1 saturated carbocycles. The van der Waals surface area contributed by atoms with Crippen LogP contribution in [-0.4, -0.2) is 13.6 Å². The van der Waals surface area contributed by atoms with Gasteiger partial charge in [0.05, 0.1) is 0 Å². The van der Waals surface area contributed by atoms with Gasteiger partial charge in [-0.15, -0.1) is 0 Å². The van der Waals surface area contributed by atoms with E-state index in [0.29, 0.717) is 5.41 Å². The quantitative estimate of drug-likeness (QED) is 0.320. The predicted octanol–water partition coefficient (Wildman–Crippen LogP) is 10.8. The molecule has 37 heavy (non-hydrogen) atoms. The van der Waals surface area contributed by atoms with Crippen LogP contribution in [0, 0.1) is 11.3 Å². The fourth-order valence-corrected chi connectivity index (χ4v) is 5.07. The summed E-state index contributed by atoms with van der Waals surface area (Å²) in [5.41, 5.74) is 5.41. The van der Waals surface area contributed by atoms with Gasteiger partial charge in [-0.1, -0.05) is 145 Å². The van der Waals surface area contributed by atoms with Crippen LogP contribution < -0.4 is 5.32 Å². The molecule has 0 amide bonds. The number of hydrogen-bond donors (Lipinski definition) is 1. The molecule has 1 aliphatic carbocycles. The number of hydrogen-bond acceptors (Lipinski definition) is 1. The maximum Gasteiger partial charge on any atom is -0.00114 e. The fraction of sp³-hybridized carbons (Fsp3) is 0.444. The molecule has 2 atom stereocenters. The third-order valence-corrected chi connectivity index (χ3v) is 7.82.